The van der Waals surface area contributed by atoms with Crippen LogP contribution in [0.1, 0.15) is 96.8 Å². The molecule has 0 unspecified atom stereocenters. The monoisotopic (exact) mass is 686 g/mol. The van der Waals surface area contributed by atoms with E-state index in [9.17, 15) is 0 Å². The van der Waals surface area contributed by atoms with Crippen molar-refractivity contribution < 1.29 is 42.6 Å². The third kappa shape index (κ3) is 34.4. The van der Waals surface area contributed by atoms with Crippen LogP contribution < -0.4 is 10.5 Å². The Kier molecular flexibility index (Phi) is 35.5. The second-order valence-electron chi connectivity index (χ2n) is 11.9. The molecule has 10 heteroatoms. The zero-order valence-corrected chi connectivity index (χ0v) is 30.5. The second kappa shape index (κ2) is 38.3. The van der Waals surface area contributed by atoms with Gasteiger partial charge < -0.3 is 48.4 Å². The maximum Gasteiger partial charge on any atom is 0.119 e. The molecule has 0 saturated carbocycles. The Morgan fingerprint density at radius 1 is 0.333 bits per heavy atom. The van der Waals surface area contributed by atoms with Crippen LogP contribution in [-0.2, 0) is 37.9 Å². The number of unbranched alkanes of at least 4 members (excludes halogenated alkanes) is 13. The summed E-state index contributed by atoms with van der Waals surface area (Å²) < 4.78 is 49.8. The van der Waals surface area contributed by atoms with Crippen LogP contribution in [0.25, 0.3) is 0 Å². The maximum absolute atomic E-state index is 5.68. The molecule has 0 aromatic heterocycles. The van der Waals surface area contributed by atoms with Gasteiger partial charge in [-0.15, -0.1) is 0 Å². The lowest BCUT2D eigenvalue weighted by Gasteiger charge is -2.09. The van der Waals surface area contributed by atoms with Crippen molar-refractivity contribution in [1.82, 2.24) is 0 Å². The van der Waals surface area contributed by atoms with Gasteiger partial charge in [0.2, 0.25) is 0 Å². The average molecular weight is 686 g/mol. The molecule has 0 atom stereocenters. The van der Waals surface area contributed by atoms with Crippen LogP contribution in [-0.4, -0.2) is 112 Å². The first kappa shape index (κ1) is 44.5. The maximum atomic E-state index is 5.68. The van der Waals surface area contributed by atoms with Crippen LogP contribution in [0.15, 0.2) is 24.3 Å². The fourth-order valence-corrected chi connectivity index (χ4v) is 4.82. The van der Waals surface area contributed by atoms with Crippen molar-refractivity contribution in [3.05, 3.63) is 24.3 Å². The van der Waals surface area contributed by atoms with Gasteiger partial charge in [0.15, 0.2) is 0 Å². The third-order valence-electron chi connectivity index (χ3n) is 7.62. The molecule has 1 aromatic rings. The summed E-state index contributed by atoms with van der Waals surface area (Å²) in [7, 11) is 0. The number of hydrogen-bond donors (Lipinski definition) is 1. The highest BCUT2D eigenvalue weighted by atomic mass is 16.6. The van der Waals surface area contributed by atoms with Gasteiger partial charge in [0.25, 0.3) is 0 Å². The van der Waals surface area contributed by atoms with E-state index < -0.39 is 0 Å². The lowest BCUT2D eigenvalue weighted by molar-refractivity contribution is -0.0236. The van der Waals surface area contributed by atoms with Crippen molar-refractivity contribution in [3.63, 3.8) is 0 Å². The number of rotatable bonds is 40. The summed E-state index contributed by atoms with van der Waals surface area (Å²) in [5.41, 5.74) is 6.36. The molecule has 1 aromatic carbocycles. The normalized spacial score (nSPS) is 11.4. The second-order valence-corrected chi connectivity index (χ2v) is 11.9. The highest BCUT2D eigenvalue weighted by Crippen LogP contribution is 2.14. The molecule has 282 valence electrons. The standard InChI is InChI=1S/C38H71NO9/c1-2-3-4-5-6-7-8-9-10-11-12-13-14-15-20-40-21-22-41-23-24-42-25-26-43-27-28-44-29-30-45-31-32-46-33-34-47-35-36-48-38-18-16-37(39)17-19-38/h16-19H,2-15,20-36,39H2,1H3. The van der Waals surface area contributed by atoms with E-state index in [1.165, 1.54) is 83.5 Å². The van der Waals surface area contributed by atoms with Crippen molar-refractivity contribution in [2.75, 3.05) is 118 Å². The Morgan fingerprint density at radius 2 is 0.604 bits per heavy atom. The van der Waals surface area contributed by atoms with E-state index in [4.69, 9.17) is 48.4 Å². The highest BCUT2D eigenvalue weighted by molar-refractivity contribution is 5.41. The molecule has 0 aliphatic rings. The third-order valence-corrected chi connectivity index (χ3v) is 7.62. The van der Waals surface area contributed by atoms with Gasteiger partial charge in [0, 0.05) is 12.3 Å². The molecule has 0 spiro atoms. The predicted molar refractivity (Wildman–Crippen MR) is 193 cm³/mol. The largest absolute Gasteiger partial charge is 0.491 e. The molecule has 0 fully saturated rings. The summed E-state index contributed by atoms with van der Waals surface area (Å²) in [6.07, 6.45) is 19.3. The first-order valence-corrected chi connectivity index (χ1v) is 18.9. The zero-order valence-electron chi connectivity index (χ0n) is 30.5. The van der Waals surface area contributed by atoms with Gasteiger partial charge in [0.05, 0.1) is 99.1 Å². The fraction of sp³-hybridized carbons (Fsp3) is 0.842. The number of hydrogen-bond acceptors (Lipinski definition) is 10. The fourth-order valence-electron chi connectivity index (χ4n) is 4.82. The van der Waals surface area contributed by atoms with Gasteiger partial charge in [-0.25, -0.2) is 0 Å². The van der Waals surface area contributed by atoms with Gasteiger partial charge in [-0.2, -0.15) is 0 Å². The Hall–Kier alpha value is -1.50. The van der Waals surface area contributed by atoms with E-state index in [1.54, 1.807) is 0 Å². The van der Waals surface area contributed by atoms with Gasteiger partial charge in [0.1, 0.15) is 12.4 Å². The minimum Gasteiger partial charge on any atom is -0.491 e. The first-order valence-electron chi connectivity index (χ1n) is 18.9. The molecule has 0 amide bonds. The summed E-state index contributed by atoms with van der Waals surface area (Å²) in [6, 6.07) is 7.29. The molecular weight excluding hydrogens is 614 g/mol. The number of nitrogens with two attached hydrogens (primary N) is 1. The van der Waals surface area contributed by atoms with E-state index in [2.05, 4.69) is 6.92 Å². The number of benzene rings is 1. The highest BCUT2D eigenvalue weighted by Gasteiger charge is 1.98. The molecule has 0 aliphatic heterocycles. The Balaban J connectivity index is 1.61. The van der Waals surface area contributed by atoms with E-state index in [0.717, 1.165) is 18.8 Å². The molecule has 0 aliphatic carbocycles. The van der Waals surface area contributed by atoms with Crippen LogP contribution in [0.5, 0.6) is 5.75 Å². The molecule has 0 saturated heterocycles. The molecule has 0 radical (unpaired) electrons. The zero-order chi connectivity index (χ0) is 34.3. The average Bonchev–Trinajstić information content (AvgIpc) is 3.10. The van der Waals surface area contributed by atoms with Crippen LogP contribution in [0.4, 0.5) is 5.69 Å². The van der Waals surface area contributed by atoms with Gasteiger partial charge >= 0.3 is 0 Å². The number of nitrogen functional groups attached to an aromatic ring is 1. The molecular formula is C38H71NO9. The summed E-state index contributed by atoms with van der Waals surface area (Å²) in [6.45, 7) is 11.8. The van der Waals surface area contributed by atoms with Gasteiger partial charge in [-0.1, -0.05) is 90.4 Å². The molecule has 2 N–H and O–H groups in total. The van der Waals surface area contributed by atoms with E-state index in [1.807, 2.05) is 24.3 Å². The van der Waals surface area contributed by atoms with Crippen LogP contribution >= 0.6 is 0 Å². The predicted octanol–water partition coefficient (Wildman–Crippen LogP) is 7.26. The van der Waals surface area contributed by atoms with Crippen LogP contribution in [0.3, 0.4) is 0 Å². The molecule has 0 heterocycles. The summed E-state index contributed by atoms with van der Waals surface area (Å²) in [5, 5.41) is 0. The van der Waals surface area contributed by atoms with Gasteiger partial charge in [-0.3, -0.25) is 0 Å². The lowest BCUT2D eigenvalue weighted by atomic mass is 10.0. The van der Waals surface area contributed by atoms with Gasteiger partial charge in [-0.05, 0) is 30.7 Å². The quantitative estimate of drug-likeness (QED) is 0.0560. The Morgan fingerprint density at radius 3 is 0.938 bits per heavy atom. The summed E-state index contributed by atoms with van der Waals surface area (Å²) in [4.78, 5) is 0. The molecule has 1 rings (SSSR count). The van der Waals surface area contributed by atoms with Crippen LogP contribution in [0.2, 0.25) is 0 Å². The summed E-state index contributed by atoms with van der Waals surface area (Å²) >= 11 is 0. The summed E-state index contributed by atoms with van der Waals surface area (Å²) in [5.74, 6) is 0.779. The van der Waals surface area contributed by atoms with Crippen molar-refractivity contribution in [2.45, 2.75) is 96.8 Å². The minimum atomic E-state index is 0.484. The first-order chi connectivity index (χ1) is 23.8. The smallest absolute Gasteiger partial charge is 0.119 e. The molecule has 10 nitrogen and oxygen atoms in total. The van der Waals surface area contributed by atoms with E-state index in [0.29, 0.717) is 111 Å². The van der Waals surface area contributed by atoms with Crippen molar-refractivity contribution in [1.29, 1.82) is 0 Å². The van der Waals surface area contributed by atoms with Crippen LogP contribution in [0, 0.1) is 0 Å². The minimum absolute atomic E-state index is 0.484. The van der Waals surface area contributed by atoms with E-state index >= 15 is 0 Å². The lowest BCUT2D eigenvalue weighted by Crippen LogP contribution is -2.15. The SMILES string of the molecule is CCCCCCCCCCCCCCCCOCCOCCOCCOCCOCCOCCOCCOCCOc1ccc(N)cc1. The number of anilines is 1. The molecule has 0 bridgehead atoms. The number of ether oxygens (including phenoxy) is 9. The van der Waals surface area contributed by atoms with Crippen molar-refractivity contribution in [2.24, 2.45) is 0 Å². The van der Waals surface area contributed by atoms with Crippen molar-refractivity contribution in [3.8, 4) is 5.75 Å². The topological polar surface area (TPSA) is 109 Å². The Bertz CT molecular complexity index is 741. The Labute approximate surface area is 292 Å². The van der Waals surface area contributed by atoms with E-state index in [-0.39, 0.29) is 0 Å². The molecule has 48 heavy (non-hydrogen) atoms. The van der Waals surface area contributed by atoms with Crippen molar-refractivity contribution >= 4 is 5.69 Å².